The van der Waals surface area contributed by atoms with Crippen molar-refractivity contribution in [2.24, 2.45) is 11.3 Å². The van der Waals surface area contributed by atoms with Crippen LogP contribution in [0.3, 0.4) is 0 Å². The van der Waals surface area contributed by atoms with Crippen molar-refractivity contribution in [3.05, 3.63) is 11.7 Å². The molecule has 1 N–H and O–H groups in total. The van der Waals surface area contributed by atoms with Gasteiger partial charge >= 0.3 is 5.97 Å². The van der Waals surface area contributed by atoms with Crippen LogP contribution in [0.25, 0.3) is 0 Å². The number of carbonyl (C=O) groups is 1. The average molecular weight is 294 g/mol. The lowest BCUT2D eigenvalue weighted by molar-refractivity contribution is -0.137. The highest BCUT2D eigenvalue weighted by atomic mass is 16.5. The molecule has 1 saturated carbocycles. The molecule has 0 unspecified atom stereocenters. The fourth-order valence-electron chi connectivity index (χ4n) is 3.14. The normalized spacial score (nSPS) is 23.2. The van der Waals surface area contributed by atoms with E-state index in [1.54, 1.807) is 0 Å². The zero-order valence-electron chi connectivity index (χ0n) is 13.3. The monoisotopic (exact) mass is 294 g/mol. The summed E-state index contributed by atoms with van der Waals surface area (Å²) in [5.74, 6) is 1.78. The molecule has 0 radical (unpaired) electrons. The Hall–Kier alpha value is -1.39. The van der Waals surface area contributed by atoms with Crippen LogP contribution in [0.1, 0.15) is 76.9 Å². The maximum atomic E-state index is 10.5. The van der Waals surface area contributed by atoms with Gasteiger partial charge in [0.05, 0.1) is 0 Å². The van der Waals surface area contributed by atoms with E-state index < -0.39 is 5.97 Å². The average Bonchev–Trinajstić information content (AvgIpc) is 2.86. The number of nitrogens with zero attached hydrogens (tertiary/aromatic N) is 2. The third-order valence-corrected chi connectivity index (χ3v) is 4.58. The van der Waals surface area contributed by atoms with Crippen LogP contribution >= 0.6 is 0 Å². The van der Waals surface area contributed by atoms with E-state index >= 15 is 0 Å². The summed E-state index contributed by atoms with van der Waals surface area (Å²) in [4.78, 5) is 14.9. The van der Waals surface area contributed by atoms with Crippen molar-refractivity contribution in [1.82, 2.24) is 10.1 Å². The first kappa shape index (κ1) is 16.0. The summed E-state index contributed by atoms with van der Waals surface area (Å²) < 4.78 is 5.24. The molecule has 5 heteroatoms. The van der Waals surface area contributed by atoms with Gasteiger partial charge in [-0.05, 0) is 43.4 Å². The molecule has 1 heterocycles. The van der Waals surface area contributed by atoms with Crippen molar-refractivity contribution in [2.45, 2.75) is 71.6 Å². The van der Waals surface area contributed by atoms with Crippen LogP contribution in [0, 0.1) is 11.3 Å². The van der Waals surface area contributed by atoms with Crippen molar-refractivity contribution in [3.8, 4) is 0 Å². The standard InChI is InChI=1S/C16H26N2O3/c1-16(2,3)12-9-7-11(8-10-12)15-17-13(21-18-15)5-4-6-14(19)20/h11-12H,4-10H2,1-3H3,(H,19,20). The van der Waals surface area contributed by atoms with Crippen LogP contribution in [-0.4, -0.2) is 21.2 Å². The van der Waals surface area contributed by atoms with Gasteiger partial charge in [0.25, 0.3) is 0 Å². The van der Waals surface area contributed by atoms with Gasteiger partial charge in [0, 0.05) is 18.8 Å². The van der Waals surface area contributed by atoms with Gasteiger partial charge in [-0.1, -0.05) is 25.9 Å². The fraction of sp³-hybridized carbons (Fsp3) is 0.812. The summed E-state index contributed by atoms with van der Waals surface area (Å²) in [5, 5.41) is 12.7. The zero-order valence-corrected chi connectivity index (χ0v) is 13.3. The number of aryl methyl sites for hydroxylation is 1. The van der Waals surface area contributed by atoms with Gasteiger partial charge in [0.2, 0.25) is 5.89 Å². The van der Waals surface area contributed by atoms with Crippen molar-refractivity contribution in [3.63, 3.8) is 0 Å². The van der Waals surface area contributed by atoms with Gasteiger partial charge in [-0.25, -0.2) is 0 Å². The summed E-state index contributed by atoms with van der Waals surface area (Å²) in [7, 11) is 0. The van der Waals surface area contributed by atoms with Crippen molar-refractivity contribution < 1.29 is 14.4 Å². The van der Waals surface area contributed by atoms with Gasteiger partial charge in [0.1, 0.15) is 0 Å². The second-order valence-corrected chi connectivity index (χ2v) is 7.21. The number of aliphatic carboxylic acids is 1. The second-order valence-electron chi connectivity index (χ2n) is 7.21. The Labute approximate surface area is 126 Å². The Bertz CT molecular complexity index is 468. The van der Waals surface area contributed by atoms with E-state index in [1.165, 1.54) is 12.8 Å². The van der Waals surface area contributed by atoms with E-state index in [4.69, 9.17) is 9.63 Å². The molecule has 1 aliphatic rings. The second kappa shape index (κ2) is 6.58. The first-order valence-corrected chi connectivity index (χ1v) is 7.90. The molecule has 1 fully saturated rings. The number of carboxylic acids is 1. The van der Waals surface area contributed by atoms with Crippen molar-refractivity contribution >= 4 is 5.97 Å². The number of hydrogen-bond acceptors (Lipinski definition) is 4. The molecule has 0 spiro atoms. The molecule has 0 amide bonds. The van der Waals surface area contributed by atoms with E-state index in [-0.39, 0.29) is 6.42 Å². The van der Waals surface area contributed by atoms with Crippen LogP contribution in [0.5, 0.6) is 0 Å². The molecule has 5 nitrogen and oxygen atoms in total. The molecule has 1 aromatic rings. The van der Waals surface area contributed by atoms with E-state index in [0.717, 1.165) is 24.6 Å². The molecular weight excluding hydrogens is 268 g/mol. The predicted octanol–water partition coefficient (Wildman–Crippen LogP) is 3.80. The largest absolute Gasteiger partial charge is 0.481 e. The van der Waals surface area contributed by atoms with Crippen molar-refractivity contribution in [1.29, 1.82) is 0 Å². The smallest absolute Gasteiger partial charge is 0.303 e. The highest BCUT2D eigenvalue weighted by Crippen LogP contribution is 2.42. The maximum Gasteiger partial charge on any atom is 0.303 e. The first-order valence-electron chi connectivity index (χ1n) is 7.90. The Kier molecular flexibility index (Phi) is 5.01. The highest BCUT2D eigenvalue weighted by molar-refractivity contribution is 5.66. The molecule has 0 saturated heterocycles. The highest BCUT2D eigenvalue weighted by Gasteiger charge is 2.31. The Balaban J connectivity index is 1.84. The lowest BCUT2D eigenvalue weighted by Crippen LogP contribution is -2.25. The summed E-state index contributed by atoms with van der Waals surface area (Å²) in [6, 6.07) is 0. The minimum atomic E-state index is -0.782. The van der Waals surface area contributed by atoms with Crippen LogP contribution in [-0.2, 0) is 11.2 Å². The van der Waals surface area contributed by atoms with Crippen molar-refractivity contribution in [2.75, 3.05) is 0 Å². The number of rotatable bonds is 5. The van der Waals surface area contributed by atoms with Gasteiger partial charge in [-0.2, -0.15) is 4.98 Å². The molecule has 2 rings (SSSR count). The molecule has 0 aliphatic heterocycles. The Morgan fingerprint density at radius 3 is 2.52 bits per heavy atom. The quantitative estimate of drug-likeness (QED) is 0.894. The topological polar surface area (TPSA) is 76.2 Å². The molecule has 1 aromatic heterocycles. The number of hydrogen-bond donors (Lipinski definition) is 1. The number of carboxylic acid groups (broad SMARTS) is 1. The molecule has 0 aromatic carbocycles. The molecule has 21 heavy (non-hydrogen) atoms. The summed E-state index contributed by atoms with van der Waals surface area (Å²) in [6.45, 7) is 6.94. The lowest BCUT2D eigenvalue weighted by Gasteiger charge is -2.36. The van der Waals surface area contributed by atoms with Crippen LogP contribution in [0.4, 0.5) is 0 Å². The minimum Gasteiger partial charge on any atom is -0.481 e. The zero-order chi connectivity index (χ0) is 15.5. The molecule has 0 bridgehead atoms. The Morgan fingerprint density at radius 2 is 1.95 bits per heavy atom. The Morgan fingerprint density at radius 1 is 1.29 bits per heavy atom. The molecule has 118 valence electrons. The SMILES string of the molecule is CC(C)(C)C1CCC(c2noc(CCCC(=O)O)n2)CC1. The number of aromatic nitrogens is 2. The van der Waals surface area contributed by atoms with E-state index in [0.29, 0.717) is 30.1 Å². The first-order chi connectivity index (χ1) is 9.86. The lowest BCUT2D eigenvalue weighted by atomic mass is 9.70. The van der Waals surface area contributed by atoms with Crippen LogP contribution < -0.4 is 0 Å². The summed E-state index contributed by atoms with van der Waals surface area (Å²) in [5.41, 5.74) is 0.379. The maximum absolute atomic E-state index is 10.5. The van der Waals surface area contributed by atoms with Crippen LogP contribution in [0.15, 0.2) is 4.52 Å². The summed E-state index contributed by atoms with van der Waals surface area (Å²) in [6.07, 6.45) is 5.93. The van der Waals surface area contributed by atoms with Gasteiger partial charge in [-0.15, -0.1) is 0 Å². The third kappa shape index (κ3) is 4.55. The van der Waals surface area contributed by atoms with Crippen LogP contribution in [0.2, 0.25) is 0 Å². The third-order valence-electron chi connectivity index (χ3n) is 4.58. The molecular formula is C16H26N2O3. The van der Waals surface area contributed by atoms with E-state index in [2.05, 4.69) is 30.9 Å². The molecule has 1 aliphatic carbocycles. The van der Waals surface area contributed by atoms with E-state index in [9.17, 15) is 4.79 Å². The van der Waals surface area contributed by atoms with Gasteiger partial charge < -0.3 is 9.63 Å². The fourth-order valence-corrected chi connectivity index (χ4v) is 3.14. The predicted molar refractivity (Wildman–Crippen MR) is 79.0 cm³/mol. The van der Waals surface area contributed by atoms with Gasteiger partial charge in [-0.3, -0.25) is 4.79 Å². The summed E-state index contributed by atoms with van der Waals surface area (Å²) >= 11 is 0. The van der Waals surface area contributed by atoms with E-state index in [1.807, 2.05) is 0 Å². The molecule has 0 atom stereocenters. The van der Waals surface area contributed by atoms with Gasteiger partial charge in [0.15, 0.2) is 5.82 Å². The minimum absolute atomic E-state index is 0.147.